The Bertz CT molecular complexity index is 164. The van der Waals surface area contributed by atoms with E-state index >= 15 is 0 Å². The molecule has 0 aromatic carbocycles. The van der Waals surface area contributed by atoms with Crippen molar-refractivity contribution in [3.05, 3.63) is 0 Å². The van der Waals surface area contributed by atoms with Crippen LogP contribution in [-0.2, 0) is 4.79 Å². The first-order valence-electron chi connectivity index (χ1n) is 3.07. The molecule has 0 aliphatic heterocycles. The minimum absolute atomic E-state index is 0.731. The zero-order valence-electron chi connectivity index (χ0n) is 7.40. The van der Waals surface area contributed by atoms with Gasteiger partial charge in [-0.25, -0.2) is 0 Å². The molecule has 12 heavy (non-hydrogen) atoms. The van der Waals surface area contributed by atoms with Crippen LogP contribution in [0.5, 0.6) is 0 Å². The highest BCUT2D eigenvalue weighted by Gasteiger charge is 1.99. The molecule has 1 unspecified atom stereocenters. The summed E-state index contributed by atoms with van der Waals surface area (Å²) in [6.07, 6.45) is 0. The molecule has 0 aliphatic carbocycles. The van der Waals surface area contributed by atoms with Gasteiger partial charge in [0, 0.05) is 13.8 Å². The Hall–Kier alpha value is -1.59. The zero-order valence-corrected chi connectivity index (χ0v) is 7.40. The van der Waals surface area contributed by atoms with Gasteiger partial charge in [0.2, 0.25) is 0 Å². The summed E-state index contributed by atoms with van der Waals surface area (Å²) in [6.45, 7) is 4.28. The van der Waals surface area contributed by atoms with Crippen molar-refractivity contribution < 1.29 is 9.90 Å². The fourth-order valence-corrected chi connectivity index (χ4v) is 0. The molecule has 0 rings (SSSR count). The molecule has 3 N–H and O–H groups in total. The summed E-state index contributed by atoms with van der Waals surface area (Å²) in [4.78, 5) is 9.57. The molecule has 0 radical (unpaired) electrons. The fraction of sp³-hybridized carbons (Fsp3) is 0.571. The maximum Gasteiger partial charge on any atom is 0.320 e. The van der Waals surface area contributed by atoms with Gasteiger partial charge < -0.3 is 10.8 Å². The van der Waals surface area contributed by atoms with E-state index in [1.165, 1.54) is 20.8 Å². The second-order valence-corrected chi connectivity index (χ2v) is 1.57. The van der Waals surface area contributed by atoms with E-state index in [9.17, 15) is 4.79 Å². The molecule has 5 nitrogen and oxygen atoms in total. The lowest BCUT2D eigenvalue weighted by molar-refractivity contribution is -0.138. The first-order chi connectivity index (χ1) is 5.47. The van der Waals surface area contributed by atoms with Gasteiger partial charge in [-0.2, -0.15) is 10.5 Å². The Morgan fingerprint density at radius 3 is 1.50 bits per heavy atom. The van der Waals surface area contributed by atoms with E-state index < -0.39 is 12.0 Å². The highest BCUT2D eigenvalue weighted by Crippen LogP contribution is 1.68. The number of carbonyl (C=O) groups is 1. The van der Waals surface area contributed by atoms with Gasteiger partial charge in [-0.3, -0.25) is 4.79 Å². The van der Waals surface area contributed by atoms with Crippen molar-refractivity contribution in [1.82, 2.24) is 0 Å². The average Bonchev–Trinajstić information content (AvgIpc) is 1.90. The van der Waals surface area contributed by atoms with E-state index in [0.29, 0.717) is 0 Å². The van der Waals surface area contributed by atoms with Gasteiger partial charge in [0.05, 0.1) is 12.1 Å². The van der Waals surface area contributed by atoms with Crippen LogP contribution in [0.25, 0.3) is 0 Å². The van der Waals surface area contributed by atoms with Crippen LogP contribution in [0.3, 0.4) is 0 Å². The Labute approximate surface area is 72.0 Å². The summed E-state index contributed by atoms with van der Waals surface area (Å²) < 4.78 is 0. The maximum atomic E-state index is 9.57. The Balaban J connectivity index is -0.000000115. The first kappa shape index (κ1) is 16.8. The van der Waals surface area contributed by atoms with Crippen molar-refractivity contribution in [2.45, 2.75) is 26.8 Å². The smallest absolute Gasteiger partial charge is 0.320 e. The Kier molecular flexibility index (Phi) is 22.7. The second-order valence-electron chi connectivity index (χ2n) is 1.57. The number of nitrogens with two attached hydrogens (primary N) is 1. The molecule has 5 heteroatoms. The predicted octanol–water partition coefficient (Wildman–Crippen LogP) is 0.478. The summed E-state index contributed by atoms with van der Waals surface area (Å²) >= 11 is 0. The monoisotopic (exact) mass is 171 g/mol. The number of aliphatic carboxylic acids is 1. The molecule has 0 aromatic rings. The number of nitriles is 2. The number of rotatable bonds is 1. The Morgan fingerprint density at radius 1 is 1.42 bits per heavy atom. The lowest BCUT2D eigenvalue weighted by atomic mass is 10.4. The summed E-state index contributed by atoms with van der Waals surface area (Å²) in [6, 6.07) is 2.77. The first-order valence-corrected chi connectivity index (χ1v) is 3.07. The van der Waals surface area contributed by atoms with Crippen molar-refractivity contribution in [1.29, 1.82) is 10.5 Å². The molecule has 0 aliphatic rings. The molecule has 68 valence electrons. The molecular formula is C7H13N3O2. The van der Waals surface area contributed by atoms with E-state index in [0.717, 1.165) is 0 Å². The number of hydrogen-bond donors (Lipinski definition) is 2. The molecule has 0 heterocycles. The maximum absolute atomic E-state index is 9.57. The van der Waals surface area contributed by atoms with Crippen LogP contribution in [0, 0.1) is 22.7 Å². The van der Waals surface area contributed by atoms with Gasteiger partial charge in [0.25, 0.3) is 0 Å². The van der Waals surface area contributed by atoms with Gasteiger partial charge in [0.15, 0.2) is 0 Å². The van der Waals surface area contributed by atoms with Gasteiger partial charge >= 0.3 is 5.97 Å². The van der Waals surface area contributed by atoms with E-state index in [2.05, 4.69) is 0 Å². The highest BCUT2D eigenvalue weighted by molar-refractivity contribution is 5.72. The van der Waals surface area contributed by atoms with Crippen molar-refractivity contribution in [3.63, 3.8) is 0 Å². The summed E-state index contributed by atoms with van der Waals surface area (Å²) in [5.74, 6) is -0.963. The molecule has 0 aromatic heterocycles. The molecular weight excluding hydrogens is 158 g/mol. The summed E-state index contributed by atoms with van der Waals surface area (Å²) in [5, 5.41) is 22.5. The van der Waals surface area contributed by atoms with E-state index in [1.807, 2.05) is 0 Å². The van der Waals surface area contributed by atoms with E-state index in [4.69, 9.17) is 21.4 Å². The van der Waals surface area contributed by atoms with Crippen molar-refractivity contribution in [2.24, 2.45) is 5.73 Å². The van der Waals surface area contributed by atoms with E-state index in [-0.39, 0.29) is 0 Å². The lowest BCUT2D eigenvalue weighted by Crippen LogP contribution is -2.25. The number of carboxylic acids is 1. The van der Waals surface area contributed by atoms with E-state index in [1.54, 1.807) is 12.1 Å². The Morgan fingerprint density at radius 2 is 1.50 bits per heavy atom. The largest absolute Gasteiger partial charge is 0.480 e. The molecule has 0 saturated carbocycles. The minimum atomic E-state index is -0.963. The van der Waals surface area contributed by atoms with Crippen molar-refractivity contribution >= 4 is 5.97 Å². The quantitative estimate of drug-likeness (QED) is 0.596. The minimum Gasteiger partial charge on any atom is -0.480 e. The van der Waals surface area contributed by atoms with Crippen LogP contribution in [0.1, 0.15) is 20.8 Å². The summed E-state index contributed by atoms with van der Waals surface area (Å²) in [5.41, 5.74) is 4.84. The van der Waals surface area contributed by atoms with Gasteiger partial charge in [-0.15, -0.1) is 0 Å². The van der Waals surface area contributed by atoms with Gasteiger partial charge in [-0.1, -0.05) is 0 Å². The van der Waals surface area contributed by atoms with Gasteiger partial charge in [-0.05, 0) is 6.92 Å². The summed E-state index contributed by atoms with van der Waals surface area (Å²) in [7, 11) is 0. The van der Waals surface area contributed by atoms with Gasteiger partial charge in [0.1, 0.15) is 6.04 Å². The standard InChI is InChI=1S/C3H7NO2.2C2H3N/c1-2(4)3(5)6;2*1-2-3/h2H,4H2,1H3,(H,5,6);2*1H3. The third-order valence-electron chi connectivity index (χ3n) is 0.390. The predicted molar refractivity (Wildman–Crippen MR) is 43.9 cm³/mol. The number of nitrogens with zero attached hydrogens (tertiary/aromatic N) is 2. The number of carboxylic acid groups (broad SMARTS) is 1. The third kappa shape index (κ3) is 79.5. The molecule has 0 saturated heterocycles. The van der Waals surface area contributed by atoms with Crippen molar-refractivity contribution in [2.75, 3.05) is 0 Å². The van der Waals surface area contributed by atoms with Crippen molar-refractivity contribution in [3.8, 4) is 12.1 Å². The highest BCUT2D eigenvalue weighted by atomic mass is 16.4. The SMILES string of the molecule is CC#N.CC#N.CC(N)C(=O)O. The normalized spacial score (nSPS) is 8.17. The molecule has 0 fully saturated rings. The van der Waals surface area contributed by atoms with Crippen LogP contribution in [-0.4, -0.2) is 17.1 Å². The average molecular weight is 171 g/mol. The van der Waals surface area contributed by atoms with Crippen LogP contribution in [0.2, 0.25) is 0 Å². The molecule has 1 atom stereocenters. The fourth-order valence-electron chi connectivity index (χ4n) is 0. The molecule has 0 bridgehead atoms. The van der Waals surface area contributed by atoms with Crippen LogP contribution >= 0.6 is 0 Å². The topological polar surface area (TPSA) is 111 Å². The molecule has 0 amide bonds. The molecule has 0 spiro atoms. The van der Waals surface area contributed by atoms with Crippen LogP contribution < -0.4 is 5.73 Å². The third-order valence-corrected chi connectivity index (χ3v) is 0.390. The van der Waals surface area contributed by atoms with Crippen LogP contribution in [0.15, 0.2) is 0 Å². The number of hydrogen-bond acceptors (Lipinski definition) is 4. The second kappa shape index (κ2) is 16.2. The zero-order chi connectivity index (χ0) is 10.6. The van der Waals surface area contributed by atoms with Crippen LogP contribution in [0.4, 0.5) is 0 Å². The lowest BCUT2D eigenvalue weighted by Gasteiger charge is -1.90.